The van der Waals surface area contributed by atoms with E-state index in [2.05, 4.69) is 0 Å². The number of esters is 1. The first-order valence-corrected chi connectivity index (χ1v) is 5.22. The van der Waals surface area contributed by atoms with Gasteiger partial charge in [-0.05, 0) is 25.3 Å². The van der Waals surface area contributed by atoms with Crippen LogP contribution < -0.4 is 0 Å². The molecule has 0 aromatic rings. The summed E-state index contributed by atoms with van der Waals surface area (Å²) >= 11 is 0. The quantitative estimate of drug-likeness (QED) is 0.499. The number of carbonyl (C=O) groups excluding carboxylic acids is 1. The number of rotatable bonds is 6. The van der Waals surface area contributed by atoms with Crippen LogP contribution in [0.5, 0.6) is 0 Å². The Morgan fingerprint density at radius 1 is 1.47 bits per heavy atom. The van der Waals surface area contributed by atoms with Crippen LogP contribution in [0.1, 0.15) is 40.0 Å². The van der Waals surface area contributed by atoms with Crippen LogP contribution in [0.25, 0.3) is 0 Å². The number of allylic oxidation sites excluding steroid dienone is 3. The fraction of sp³-hybridized carbons (Fsp3) is 0.583. The zero-order chi connectivity index (χ0) is 11.7. The molecule has 0 aromatic carbocycles. The van der Waals surface area contributed by atoms with Gasteiger partial charge in [0.1, 0.15) is 6.61 Å². The standard InChI is InChI=1S/C12H19FO2/c1-4-11(9-15-10(3)14)7-6-8-12(13)5-2/h5,7H,4,6,8-9H2,1-3H3/b11-7+,12-5+. The minimum Gasteiger partial charge on any atom is -0.461 e. The van der Waals surface area contributed by atoms with E-state index in [1.165, 1.54) is 13.0 Å². The van der Waals surface area contributed by atoms with E-state index in [-0.39, 0.29) is 11.8 Å². The molecular formula is C12H19FO2. The van der Waals surface area contributed by atoms with Crippen LogP contribution >= 0.6 is 0 Å². The van der Waals surface area contributed by atoms with Crippen LogP contribution in [-0.4, -0.2) is 12.6 Å². The highest BCUT2D eigenvalue weighted by Gasteiger charge is 1.98. The molecule has 0 saturated heterocycles. The zero-order valence-corrected chi connectivity index (χ0v) is 9.68. The molecule has 0 rings (SSSR count). The van der Waals surface area contributed by atoms with E-state index in [1.807, 2.05) is 13.0 Å². The van der Waals surface area contributed by atoms with Crippen molar-refractivity contribution in [3.05, 3.63) is 23.6 Å². The zero-order valence-electron chi connectivity index (χ0n) is 9.68. The van der Waals surface area contributed by atoms with Crippen molar-refractivity contribution in [3.8, 4) is 0 Å². The number of halogens is 1. The monoisotopic (exact) mass is 214 g/mol. The summed E-state index contributed by atoms with van der Waals surface area (Å²) in [4.78, 5) is 10.6. The Morgan fingerprint density at radius 3 is 2.60 bits per heavy atom. The van der Waals surface area contributed by atoms with Gasteiger partial charge in [-0.15, -0.1) is 0 Å². The number of ether oxygens (including phenoxy) is 1. The lowest BCUT2D eigenvalue weighted by molar-refractivity contribution is -0.140. The minimum absolute atomic E-state index is 0.103. The molecule has 0 amide bonds. The van der Waals surface area contributed by atoms with E-state index >= 15 is 0 Å². The molecule has 86 valence electrons. The van der Waals surface area contributed by atoms with Crippen molar-refractivity contribution in [3.63, 3.8) is 0 Å². The summed E-state index contributed by atoms with van der Waals surface area (Å²) in [6.45, 7) is 5.37. The van der Waals surface area contributed by atoms with Gasteiger partial charge >= 0.3 is 5.97 Å². The average molecular weight is 214 g/mol. The van der Waals surface area contributed by atoms with E-state index < -0.39 is 0 Å². The Labute approximate surface area is 90.8 Å². The molecule has 0 aliphatic heterocycles. The molecule has 0 aliphatic rings. The molecular weight excluding hydrogens is 195 g/mol. The second-order valence-corrected chi connectivity index (χ2v) is 3.27. The van der Waals surface area contributed by atoms with Crippen molar-refractivity contribution in [1.29, 1.82) is 0 Å². The first-order valence-electron chi connectivity index (χ1n) is 5.22. The molecule has 0 unspecified atom stereocenters. The molecule has 0 aliphatic carbocycles. The first-order chi connectivity index (χ1) is 7.10. The normalized spacial score (nSPS) is 12.8. The fourth-order valence-corrected chi connectivity index (χ4v) is 1.06. The Bertz CT molecular complexity index is 254. The topological polar surface area (TPSA) is 26.3 Å². The molecule has 0 atom stereocenters. The highest BCUT2D eigenvalue weighted by atomic mass is 19.1. The molecule has 0 fully saturated rings. The van der Waals surface area contributed by atoms with E-state index in [0.29, 0.717) is 19.4 Å². The Hall–Kier alpha value is -1.12. The van der Waals surface area contributed by atoms with Crippen LogP contribution in [-0.2, 0) is 9.53 Å². The van der Waals surface area contributed by atoms with E-state index in [4.69, 9.17) is 4.74 Å². The lowest BCUT2D eigenvalue weighted by atomic mass is 10.1. The van der Waals surface area contributed by atoms with Gasteiger partial charge in [-0.25, -0.2) is 4.39 Å². The maximum Gasteiger partial charge on any atom is 0.302 e. The summed E-state index contributed by atoms with van der Waals surface area (Å²) < 4.78 is 17.6. The largest absolute Gasteiger partial charge is 0.461 e. The molecule has 0 aromatic heterocycles. The maximum atomic E-state index is 12.7. The number of hydrogen-bond donors (Lipinski definition) is 0. The van der Waals surface area contributed by atoms with Crippen molar-refractivity contribution in [2.75, 3.05) is 6.61 Å². The van der Waals surface area contributed by atoms with E-state index in [9.17, 15) is 9.18 Å². The van der Waals surface area contributed by atoms with Crippen LogP contribution in [0.4, 0.5) is 4.39 Å². The maximum absolute atomic E-state index is 12.7. The second-order valence-electron chi connectivity index (χ2n) is 3.27. The van der Waals surface area contributed by atoms with Crippen molar-refractivity contribution in [2.24, 2.45) is 0 Å². The lowest BCUT2D eigenvalue weighted by Crippen LogP contribution is -2.02. The van der Waals surface area contributed by atoms with Crippen LogP contribution in [0.2, 0.25) is 0 Å². The predicted molar refractivity (Wildman–Crippen MR) is 59.1 cm³/mol. The van der Waals surface area contributed by atoms with Crippen molar-refractivity contribution in [1.82, 2.24) is 0 Å². The first kappa shape index (κ1) is 13.9. The predicted octanol–water partition coefficient (Wildman–Crippen LogP) is 3.54. The summed E-state index contributed by atoms with van der Waals surface area (Å²) in [6, 6.07) is 0. The van der Waals surface area contributed by atoms with Gasteiger partial charge in [0, 0.05) is 13.3 Å². The second kappa shape index (κ2) is 8.21. The Morgan fingerprint density at radius 2 is 2.13 bits per heavy atom. The third-order valence-corrected chi connectivity index (χ3v) is 2.04. The molecule has 0 bridgehead atoms. The number of carbonyl (C=O) groups is 1. The molecule has 0 radical (unpaired) electrons. The third-order valence-electron chi connectivity index (χ3n) is 2.04. The van der Waals surface area contributed by atoms with Gasteiger partial charge in [0.15, 0.2) is 0 Å². The van der Waals surface area contributed by atoms with Gasteiger partial charge in [-0.3, -0.25) is 4.79 Å². The van der Waals surface area contributed by atoms with Gasteiger partial charge in [0.2, 0.25) is 0 Å². The summed E-state index contributed by atoms with van der Waals surface area (Å²) in [5, 5.41) is 0. The average Bonchev–Trinajstić information content (AvgIpc) is 2.22. The van der Waals surface area contributed by atoms with Gasteiger partial charge < -0.3 is 4.74 Å². The van der Waals surface area contributed by atoms with Gasteiger partial charge in [0.25, 0.3) is 0 Å². The molecule has 0 heterocycles. The summed E-state index contributed by atoms with van der Waals surface area (Å²) in [7, 11) is 0. The summed E-state index contributed by atoms with van der Waals surface area (Å²) in [5.74, 6) is -0.386. The number of hydrogen-bond acceptors (Lipinski definition) is 2. The van der Waals surface area contributed by atoms with Gasteiger partial charge in [-0.2, -0.15) is 0 Å². The van der Waals surface area contributed by atoms with E-state index in [1.54, 1.807) is 6.92 Å². The fourth-order valence-electron chi connectivity index (χ4n) is 1.06. The Kier molecular flexibility index (Phi) is 7.60. The van der Waals surface area contributed by atoms with Crippen molar-refractivity contribution in [2.45, 2.75) is 40.0 Å². The highest BCUT2D eigenvalue weighted by molar-refractivity contribution is 5.66. The van der Waals surface area contributed by atoms with Gasteiger partial charge in [-0.1, -0.05) is 19.1 Å². The van der Waals surface area contributed by atoms with E-state index in [0.717, 1.165) is 12.0 Å². The Balaban J connectivity index is 3.94. The SMILES string of the molecule is C/C=C(/F)CC/C=C(\CC)COC(C)=O. The summed E-state index contributed by atoms with van der Waals surface area (Å²) in [6.07, 6.45) is 5.29. The minimum atomic E-state index is -0.283. The molecule has 0 saturated carbocycles. The molecule has 0 N–H and O–H groups in total. The summed E-state index contributed by atoms with van der Waals surface area (Å²) in [5.41, 5.74) is 1.04. The highest BCUT2D eigenvalue weighted by Crippen LogP contribution is 2.10. The van der Waals surface area contributed by atoms with Crippen LogP contribution in [0.3, 0.4) is 0 Å². The van der Waals surface area contributed by atoms with Crippen molar-refractivity contribution < 1.29 is 13.9 Å². The van der Waals surface area contributed by atoms with Crippen LogP contribution in [0, 0.1) is 0 Å². The lowest BCUT2D eigenvalue weighted by Gasteiger charge is -2.04. The third kappa shape index (κ3) is 7.91. The molecule has 15 heavy (non-hydrogen) atoms. The molecule has 0 spiro atoms. The van der Waals surface area contributed by atoms with Crippen molar-refractivity contribution >= 4 is 5.97 Å². The molecule has 2 nitrogen and oxygen atoms in total. The smallest absolute Gasteiger partial charge is 0.302 e. The van der Waals surface area contributed by atoms with Gasteiger partial charge in [0.05, 0.1) is 5.83 Å². The van der Waals surface area contributed by atoms with Crippen LogP contribution in [0.15, 0.2) is 23.6 Å². The molecule has 3 heteroatoms.